The highest BCUT2D eigenvalue weighted by molar-refractivity contribution is 7.89. The third-order valence-electron chi connectivity index (χ3n) is 6.75. The summed E-state index contributed by atoms with van der Waals surface area (Å²) in [7, 11) is -3.61. The Morgan fingerprint density at radius 2 is 1.75 bits per heavy atom. The van der Waals surface area contributed by atoms with Gasteiger partial charge in [0.25, 0.3) is 0 Å². The summed E-state index contributed by atoms with van der Waals surface area (Å²) in [5, 5.41) is 0.869. The summed E-state index contributed by atoms with van der Waals surface area (Å²) in [4.78, 5) is 18.5. The van der Waals surface area contributed by atoms with Crippen LogP contribution in [0.5, 0.6) is 0 Å². The summed E-state index contributed by atoms with van der Waals surface area (Å²) < 4.78 is 28.8. The van der Waals surface area contributed by atoms with Gasteiger partial charge in [-0.15, -0.1) is 0 Å². The molecule has 1 aromatic heterocycles. The number of fused-ring (bicyclic) bond motifs is 3. The number of rotatable bonds is 5. The molecule has 1 saturated heterocycles. The molecule has 0 unspecified atom stereocenters. The summed E-state index contributed by atoms with van der Waals surface area (Å²) in [5.41, 5.74) is 4.49. The van der Waals surface area contributed by atoms with Crippen molar-refractivity contribution < 1.29 is 13.2 Å². The number of benzene rings is 2. The lowest BCUT2D eigenvalue weighted by Gasteiger charge is -2.34. The van der Waals surface area contributed by atoms with E-state index in [1.807, 2.05) is 31.2 Å². The molecule has 0 bridgehead atoms. The molecule has 1 aliphatic carbocycles. The summed E-state index contributed by atoms with van der Waals surface area (Å²) >= 11 is 0. The smallest absolute Gasteiger partial charge is 0.243 e. The zero-order valence-corrected chi connectivity index (χ0v) is 19.2. The Bertz CT molecular complexity index is 1260. The van der Waals surface area contributed by atoms with E-state index in [-0.39, 0.29) is 5.78 Å². The standard InChI is InChI=1S/C25H29N3O3S/c1-2-19-15-20-22(26-21-9-6-10-23(29)25(20)21)16-24(19)32(30,31)28-13-11-27(12-14-28)17-18-7-4-3-5-8-18/h3-5,7-8,15-16,26H,2,6,9-14,17H2,1H3. The summed E-state index contributed by atoms with van der Waals surface area (Å²) in [6.45, 7) is 5.19. The molecule has 0 amide bonds. The molecule has 3 aromatic rings. The van der Waals surface area contributed by atoms with Crippen LogP contribution in [-0.2, 0) is 29.4 Å². The molecule has 5 rings (SSSR count). The van der Waals surface area contributed by atoms with Gasteiger partial charge in [0.05, 0.1) is 4.90 Å². The van der Waals surface area contributed by atoms with Crippen LogP contribution in [0.4, 0.5) is 0 Å². The third-order valence-corrected chi connectivity index (χ3v) is 8.73. The molecular formula is C25H29N3O3S. The molecule has 2 heterocycles. The second-order valence-electron chi connectivity index (χ2n) is 8.78. The Morgan fingerprint density at radius 3 is 2.47 bits per heavy atom. The van der Waals surface area contributed by atoms with E-state index in [0.717, 1.165) is 47.1 Å². The van der Waals surface area contributed by atoms with Crippen LogP contribution in [0.1, 0.15) is 46.9 Å². The van der Waals surface area contributed by atoms with Gasteiger partial charge >= 0.3 is 0 Å². The highest BCUT2D eigenvalue weighted by Crippen LogP contribution is 2.33. The molecular weight excluding hydrogens is 422 g/mol. The molecule has 1 aliphatic heterocycles. The van der Waals surface area contributed by atoms with E-state index in [9.17, 15) is 13.2 Å². The lowest BCUT2D eigenvalue weighted by atomic mass is 9.94. The number of carbonyl (C=O) groups excluding carboxylic acids is 1. The number of piperazine rings is 1. The highest BCUT2D eigenvalue weighted by atomic mass is 32.2. The van der Waals surface area contributed by atoms with Gasteiger partial charge in [-0.05, 0) is 42.5 Å². The van der Waals surface area contributed by atoms with Crippen molar-refractivity contribution in [3.05, 3.63) is 64.8 Å². The van der Waals surface area contributed by atoms with Crippen molar-refractivity contribution in [1.29, 1.82) is 0 Å². The zero-order valence-electron chi connectivity index (χ0n) is 18.4. The van der Waals surface area contributed by atoms with Crippen LogP contribution in [0.3, 0.4) is 0 Å². The van der Waals surface area contributed by atoms with Crippen LogP contribution < -0.4 is 0 Å². The number of aromatic amines is 1. The van der Waals surface area contributed by atoms with Crippen LogP contribution in [-0.4, -0.2) is 54.6 Å². The van der Waals surface area contributed by atoms with E-state index in [0.29, 0.717) is 43.9 Å². The van der Waals surface area contributed by atoms with Gasteiger partial charge in [0, 0.05) is 61.3 Å². The van der Waals surface area contributed by atoms with Gasteiger partial charge < -0.3 is 4.98 Å². The molecule has 2 aromatic carbocycles. The van der Waals surface area contributed by atoms with Crippen LogP contribution >= 0.6 is 0 Å². The lowest BCUT2D eigenvalue weighted by Crippen LogP contribution is -2.48. The van der Waals surface area contributed by atoms with E-state index >= 15 is 0 Å². The molecule has 6 nitrogen and oxygen atoms in total. The minimum atomic E-state index is -3.61. The van der Waals surface area contributed by atoms with Crippen LogP contribution in [0.2, 0.25) is 0 Å². The van der Waals surface area contributed by atoms with E-state index in [4.69, 9.17) is 0 Å². The van der Waals surface area contributed by atoms with Crippen LogP contribution in [0.15, 0.2) is 47.4 Å². The van der Waals surface area contributed by atoms with Gasteiger partial charge in [-0.1, -0.05) is 37.3 Å². The van der Waals surface area contributed by atoms with Gasteiger partial charge in [0.1, 0.15) is 0 Å². The number of H-pyrrole nitrogens is 1. The molecule has 0 spiro atoms. The Morgan fingerprint density at radius 1 is 1.00 bits per heavy atom. The fourth-order valence-electron chi connectivity index (χ4n) is 5.00. The number of nitrogens with one attached hydrogen (secondary N) is 1. The third kappa shape index (κ3) is 3.78. The number of sulfonamides is 1. The molecule has 7 heteroatoms. The van der Waals surface area contributed by atoms with E-state index in [1.165, 1.54) is 5.56 Å². The van der Waals surface area contributed by atoms with Gasteiger partial charge in [-0.3, -0.25) is 9.69 Å². The molecule has 0 atom stereocenters. The Hall–Kier alpha value is -2.48. The predicted molar refractivity (Wildman–Crippen MR) is 125 cm³/mol. The Labute approximate surface area is 189 Å². The zero-order chi connectivity index (χ0) is 22.3. The first kappa shape index (κ1) is 21.4. The van der Waals surface area contributed by atoms with Crippen molar-refractivity contribution in [2.45, 2.75) is 44.0 Å². The normalized spacial score (nSPS) is 18.2. The number of hydrogen-bond acceptors (Lipinski definition) is 4. The molecule has 1 fully saturated rings. The monoisotopic (exact) mass is 451 g/mol. The number of carbonyl (C=O) groups is 1. The van der Waals surface area contributed by atoms with E-state index < -0.39 is 10.0 Å². The fourth-order valence-corrected chi connectivity index (χ4v) is 6.73. The first-order chi connectivity index (χ1) is 15.5. The molecule has 2 aliphatic rings. The average Bonchev–Trinajstić information content (AvgIpc) is 3.18. The second-order valence-corrected chi connectivity index (χ2v) is 10.7. The Balaban J connectivity index is 1.41. The van der Waals surface area contributed by atoms with Crippen molar-refractivity contribution in [1.82, 2.24) is 14.2 Å². The maximum absolute atomic E-state index is 13.6. The van der Waals surface area contributed by atoms with Gasteiger partial charge in [0.15, 0.2) is 5.78 Å². The van der Waals surface area contributed by atoms with E-state index in [1.54, 1.807) is 10.4 Å². The maximum Gasteiger partial charge on any atom is 0.243 e. The number of ketones is 1. The van der Waals surface area contributed by atoms with Crippen molar-refractivity contribution in [3.63, 3.8) is 0 Å². The lowest BCUT2D eigenvalue weighted by molar-refractivity contribution is 0.0974. The summed E-state index contributed by atoms with van der Waals surface area (Å²) in [6.07, 6.45) is 2.85. The SMILES string of the molecule is CCc1cc2c3c([nH]c2cc1S(=O)(=O)N1CCN(Cc2ccccc2)CC1)CCCC3=O. The number of Topliss-reactive ketones (excluding diaryl/α,β-unsaturated/α-hetero) is 1. The predicted octanol–water partition coefficient (Wildman–Crippen LogP) is 3.76. The van der Waals surface area contributed by atoms with Gasteiger partial charge in [-0.25, -0.2) is 8.42 Å². The van der Waals surface area contributed by atoms with E-state index in [2.05, 4.69) is 22.0 Å². The van der Waals surface area contributed by atoms with Gasteiger partial charge in [-0.2, -0.15) is 4.31 Å². The largest absolute Gasteiger partial charge is 0.358 e. The minimum absolute atomic E-state index is 0.157. The number of aryl methyl sites for hydroxylation is 2. The Kier molecular flexibility index (Phi) is 5.65. The summed E-state index contributed by atoms with van der Waals surface area (Å²) in [6, 6.07) is 14.0. The fraction of sp³-hybridized carbons (Fsp3) is 0.400. The van der Waals surface area contributed by atoms with Crippen molar-refractivity contribution in [2.24, 2.45) is 0 Å². The van der Waals surface area contributed by atoms with Crippen molar-refractivity contribution in [3.8, 4) is 0 Å². The molecule has 168 valence electrons. The topological polar surface area (TPSA) is 73.5 Å². The van der Waals surface area contributed by atoms with Gasteiger partial charge in [0.2, 0.25) is 10.0 Å². The second kappa shape index (κ2) is 8.46. The number of nitrogens with zero attached hydrogens (tertiary/aromatic N) is 2. The molecule has 0 saturated carbocycles. The van der Waals surface area contributed by atoms with Crippen molar-refractivity contribution >= 4 is 26.7 Å². The average molecular weight is 452 g/mol. The first-order valence-corrected chi connectivity index (χ1v) is 12.9. The maximum atomic E-state index is 13.6. The summed E-state index contributed by atoms with van der Waals surface area (Å²) in [5.74, 6) is 0.157. The van der Waals surface area contributed by atoms with Crippen LogP contribution in [0.25, 0.3) is 10.9 Å². The number of hydrogen-bond donors (Lipinski definition) is 1. The molecule has 1 N–H and O–H groups in total. The highest BCUT2D eigenvalue weighted by Gasteiger charge is 2.31. The quantitative estimate of drug-likeness (QED) is 0.641. The van der Waals surface area contributed by atoms with Crippen LogP contribution in [0, 0.1) is 0 Å². The first-order valence-electron chi connectivity index (χ1n) is 11.4. The minimum Gasteiger partial charge on any atom is -0.358 e. The number of aromatic nitrogens is 1. The molecule has 32 heavy (non-hydrogen) atoms. The van der Waals surface area contributed by atoms with Crippen molar-refractivity contribution in [2.75, 3.05) is 26.2 Å². The molecule has 0 radical (unpaired) electrons.